The summed E-state index contributed by atoms with van der Waals surface area (Å²) in [6.45, 7) is 12.3. The zero-order chi connectivity index (χ0) is 22.4. The first-order valence-electron chi connectivity index (χ1n) is 10.8. The molecule has 0 aliphatic carbocycles. The third-order valence-corrected chi connectivity index (χ3v) is 4.69. The number of hydrogen-bond donors (Lipinski definition) is 0. The molecule has 0 saturated heterocycles. The fourth-order valence-corrected chi connectivity index (χ4v) is 3.10. The second-order valence-electron chi connectivity index (χ2n) is 9.16. The van der Waals surface area contributed by atoms with Crippen molar-refractivity contribution in [3.63, 3.8) is 0 Å². The quantitative estimate of drug-likeness (QED) is 0.427. The Morgan fingerprint density at radius 2 is 1.71 bits per heavy atom. The van der Waals surface area contributed by atoms with Gasteiger partial charge in [0.05, 0.1) is 43.9 Å². The summed E-state index contributed by atoms with van der Waals surface area (Å²) in [7, 11) is 1.68. The molecule has 0 N–H and O–H groups in total. The monoisotopic (exact) mass is 422 g/mol. The Labute approximate surface area is 186 Å². The molecule has 3 aromatic rings. The lowest BCUT2D eigenvalue weighted by atomic mass is 10.1. The van der Waals surface area contributed by atoms with Crippen LogP contribution in [-0.2, 0) is 17.9 Å². The molecule has 0 saturated carbocycles. The van der Waals surface area contributed by atoms with E-state index in [1.54, 1.807) is 7.11 Å². The first-order chi connectivity index (χ1) is 14.7. The fourth-order valence-electron chi connectivity index (χ4n) is 3.10. The van der Waals surface area contributed by atoms with Crippen LogP contribution in [0.5, 0.6) is 11.5 Å². The van der Waals surface area contributed by atoms with E-state index in [-0.39, 0.29) is 5.60 Å². The van der Waals surface area contributed by atoms with Gasteiger partial charge in [0.1, 0.15) is 11.5 Å². The van der Waals surface area contributed by atoms with Gasteiger partial charge in [0.2, 0.25) is 0 Å². The van der Waals surface area contributed by atoms with Crippen molar-refractivity contribution < 1.29 is 14.2 Å². The third kappa shape index (κ3) is 6.86. The predicted molar refractivity (Wildman–Crippen MR) is 125 cm³/mol. The molecule has 5 heteroatoms. The topological polar surface area (TPSA) is 45.5 Å². The van der Waals surface area contributed by atoms with Gasteiger partial charge >= 0.3 is 0 Å². The fraction of sp³-hybridized carbons (Fsp3) is 0.423. The maximum atomic E-state index is 5.97. The lowest BCUT2D eigenvalue weighted by molar-refractivity contribution is -0.0166. The summed E-state index contributed by atoms with van der Waals surface area (Å²) in [6, 6.07) is 18.4. The van der Waals surface area contributed by atoms with E-state index in [2.05, 4.69) is 65.0 Å². The number of aromatic nitrogens is 2. The Morgan fingerprint density at radius 1 is 0.968 bits per heavy atom. The molecular weight excluding hydrogens is 388 g/mol. The molecule has 0 atom stereocenters. The summed E-state index contributed by atoms with van der Waals surface area (Å²) in [4.78, 5) is 0. The molecule has 0 fully saturated rings. The number of rotatable bonds is 9. The van der Waals surface area contributed by atoms with E-state index in [4.69, 9.17) is 19.3 Å². The van der Waals surface area contributed by atoms with Gasteiger partial charge < -0.3 is 14.2 Å². The van der Waals surface area contributed by atoms with Crippen LogP contribution in [0.2, 0.25) is 0 Å². The third-order valence-electron chi connectivity index (χ3n) is 4.69. The zero-order valence-corrected chi connectivity index (χ0v) is 19.5. The molecule has 166 valence electrons. The predicted octanol–water partition coefficient (Wildman–Crippen LogP) is 5.96. The Kier molecular flexibility index (Phi) is 7.39. The van der Waals surface area contributed by atoms with Crippen molar-refractivity contribution in [1.82, 2.24) is 9.78 Å². The van der Waals surface area contributed by atoms with Crippen LogP contribution in [0.25, 0.3) is 11.3 Å². The SMILES string of the molecule is COc1ccc(Cn2nc(COC(C)(C)C)cc2-c2cccc(OCC(C)C)c2)cc1. The molecule has 1 heterocycles. The number of nitrogens with zero attached hydrogens (tertiary/aromatic N) is 2. The normalized spacial score (nSPS) is 11.7. The maximum Gasteiger partial charge on any atom is 0.119 e. The van der Waals surface area contributed by atoms with Gasteiger partial charge in [-0.15, -0.1) is 0 Å². The van der Waals surface area contributed by atoms with Crippen molar-refractivity contribution >= 4 is 0 Å². The highest BCUT2D eigenvalue weighted by atomic mass is 16.5. The molecule has 5 nitrogen and oxygen atoms in total. The minimum atomic E-state index is -0.218. The summed E-state index contributed by atoms with van der Waals surface area (Å²) >= 11 is 0. The Hall–Kier alpha value is -2.79. The molecule has 0 bridgehead atoms. The first kappa shape index (κ1) is 22.9. The molecule has 0 aliphatic rings. The van der Waals surface area contributed by atoms with Gasteiger partial charge in [-0.3, -0.25) is 4.68 Å². The van der Waals surface area contributed by atoms with Crippen LogP contribution >= 0.6 is 0 Å². The molecule has 0 radical (unpaired) electrons. The van der Waals surface area contributed by atoms with Crippen molar-refractivity contribution in [1.29, 1.82) is 0 Å². The zero-order valence-electron chi connectivity index (χ0n) is 19.5. The second-order valence-corrected chi connectivity index (χ2v) is 9.16. The van der Waals surface area contributed by atoms with Gasteiger partial charge in [-0.25, -0.2) is 0 Å². The van der Waals surface area contributed by atoms with Crippen LogP contribution in [0.4, 0.5) is 0 Å². The summed E-state index contributed by atoms with van der Waals surface area (Å²) < 4.78 is 19.2. The molecule has 0 unspecified atom stereocenters. The van der Waals surface area contributed by atoms with Crippen molar-refractivity contribution in [2.24, 2.45) is 5.92 Å². The summed E-state index contributed by atoms with van der Waals surface area (Å²) in [5, 5.41) is 4.85. The van der Waals surface area contributed by atoms with Crippen LogP contribution in [0, 0.1) is 5.92 Å². The average Bonchev–Trinajstić information content (AvgIpc) is 3.14. The molecule has 3 rings (SSSR count). The van der Waals surface area contributed by atoms with Crippen LogP contribution < -0.4 is 9.47 Å². The highest BCUT2D eigenvalue weighted by Gasteiger charge is 2.15. The van der Waals surface area contributed by atoms with E-state index < -0.39 is 0 Å². The highest BCUT2D eigenvalue weighted by Crippen LogP contribution is 2.27. The number of benzene rings is 2. The largest absolute Gasteiger partial charge is 0.497 e. The molecular formula is C26H34N2O3. The van der Waals surface area contributed by atoms with E-state index >= 15 is 0 Å². The van der Waals surface area contributed by atoms with Crippen molar-refractivity contribution in [3.05, 3.63) is 65.9 Å². The molecule has 0 spiro atoms. The van der Waals surface area contributed by atoms with Gasteiger partial charge in [0.15, 0.2) is 0 Å². The van der Waals surface area contributed by atoms with Crippen LogP contribution in [0.3, 0.4) is 0 Å². The summed E-state index contributed by atoms with van der Waals surface area (Å²) in [5.74, 6) is 2.19. The Balaban J connectivity index is 1.90. The van der Waals surface area contributed by atoms with E-state index in [0.29, 0.717) is 25.7 Å². The van der Waals surface area contributed by atoms with Gasteiger partial charge in [0.25, 0.3) is 0 Å². The van der Waals surface area contributed by atoms with Gasteiger partial charge in [-0.1, -0.05) is 38.1 Å². The first-order valence-corrected chi connectivity index (χ1v) is 10.8. The number of ether oxygens (including phenoxy) is 3. The smallest absolute Gasteiger partial charge is 0.119 e. The minimum absolute atomic E-state index is 0.218. The highest BCUT2D eigenvalue weighted by molar-refractivity contribution is 5.62. The maximum absolute atomic E-state index is 5.97. The molecule has 31 heavy (non-hydrogen) atoms. The van der Waals surface area contributed by atoms with E-state index in [0.717, 1.165) is 34.0 Å². The standard InChI is InChI=1S/C26H34N2O3/c1-19(2)17-30-24-9-7-8-21(14-24)25-15-22(18-31-26(3,4)5)27-28(25)16-20-10-12-23(29-6)13-11-20/h7-15,19H,16-18H2,1-6H3. The summed E-state index contributed by atoms with van der Waals surface area (Å²) in [6.07, 6.45) is 0. The molecule has 0 amide bonds. The van der Waals surface area contributed by atoms with Gasteiger partial charge in [-0.2, -0.15) is 5.10 Å². The molecule has 0 aliphatic heterocycles. The van der Waals surface area contributed by atoms with Gasteiger partial charge in [0, 0.05) is 5.56 Å². The van der Waals surface area contributed by atoms with Gasteiger partial charge in [-0.05, 0) is 62.6 Å². The lowest BCUT2D eigenvalue weighted by Crippen LogP contribution is -2.18. The van der Waals surface area contributed by atoms with Crippen LogP contribution in [0.1, 0.15) is 45.9 Å². The second kappa shape index (κ2) is 10.0. The Bertz CT molecular complexity index is 969. The molecule has 2 aromatic carbocycles. The minimum Gasteiger partial charge on any atom is -0.497 e. The van der Waals surface area contributed by atoms with Crippen molar-refractivity contribution in [2.75, 3.05) is 13.7 Å². The number of methoxy groups -OCH3 is 1. The van der Waals surface area contributed by atoms with E-state index in [1.807, 2.05) is 28.9 Å². The van der Waals surface area contributed by atoms with Crippen molar-refractivity contribution in [2.45, 2.75) is 53.4 Å². The number of hydrogen-bond acceptors (Lipinski definition) is 4. The Morgan fingerprint density at radius 3 is 2.35 bits per heavy atom. The van der Waals surface area contributed by atoms with Crippen molar-refractivity contribution in [3.8, 4) is 22.8 Å². The average molecular weight is 423 g/mol. The van der Waals surface area contributed by atoms with E-state index in [9.17, 15) is 0 Å². The lowest BCUT2D eigenvalue weighted by Gasteiger charge is -2.18. The van der Waals surface area contributed by atoms with Crippen LogP contribution in [-0.4, -0.2) is 29.1 Å². The van der Waals surface area contributed by atoms with E-state index in [1.165, 1.54) is 0 Å². The summed E-state index contributed by atoms with van der Waals surface area (Å²) in [5.41, 5.74) is 3.96. The molecule has 1 aromatic heterocycles. The van der Waals surface area contributed by atoms with Crippen LogP contribution in [0.15, 0.2) is 54.6 Å².